The van der Waals surface area contributed by atoms with E-state index >= 15 is 0 Å². The van der Waals surface area contributed by atoms with Gasteiger partial charge in [0.25, 0.3) is 5.91 Å². The molecule has 1 saturated heterocycles. The molecule has 6 nitrogen and oxygen atoms in total. The third-order valence-electron chi connectivity index (χ3n) is 4.84. The maximum atomic E-state index is 13.9. The molecule has 1 aliphatic heterocycles. The molecule has 2 aromatic rings. The summed E-state index contributed by atoms with van der Waals surface area (Å²) in [6.07, 6.45) is 0. The number of carbonyl (C=O) groups is 1. The van der Waals surface area contributed by atoms with Gasteiger partial charge < -0.3 is 10.2 Å². The number of hydrogen-bond acceptors (Lipinski definition) is 4. The van der Waals surface area contributed by atoms with Crippen molar-refractivity contribution in [3.63, 3.8) is 0 Å². The molecule has 2 N–H and O–H groups in total. The highest BCUT2D eigenvalue weighted by atomic mass is 32.2. The van der Waals surface area contributed by atoms with E-state index in [2.05, 4.69) is 5.32 Å². The Kier molecular flexibility index (Phi) is 6.25. The summed E-state index contributed by atoms with van der Waals surface area (Å²) in [5, 5.41) is 4.89. The molecule has 0 bridgehead atoms. The van der Waals surface area contributed by atoms with Gasteiger partial charge in [-0.05, 0) is 30.5 Å². The first-order valence-corrected chi connectivity index (χ1v) is 11.1. The molecule has 2 heterocycles. The van der Waals surface area contributed by atoms with Crippen LogP contribution < -0.4 is 10.2 Å². The highest BCUT2D eigenvalue weighted by molar-refractivity contribution is 7.89. The van der Waals surface area contributed by atoms with Crippen molar-refractivity contribution < 1.29 is 22.5 Å². The summed E-state index contributed by atoms with van der Waals surface area (Å²) in [4.78, 5) is 14.2. The predicted molar refractivity (Wildman–Crippen MR) is 101 cm³/mol. The average molecular weight is 413 g/mol. The number of benzene rings is 1. The molecular formula is C18H23FN3O3S2+. The van der Waals surface area contributed by atoms with Crippen LogP contribution in [0.1, 0.15) is 11.8 Å². The van der Waals surface area contributed by atoms with Crippen LogP contribution >= 0.6 is 11.3 Å². The molecule has 146 valence electrons. The molecule has 0 unspecified atom stereocenters. The van der Waals surface area contributed by atoms with E-state index in [0.29, 0.717) is 19.6 Å². The predicted octanol–water partition coefficient (Wildman–Crippen LogP) is 0.481. The number of piperazine rings is 1. The molecule has 1 aromatic heterocycles. The number of quaternary nitrogens is 1. The number of sulfonamides is 1. The van der Waals surface area contributed by atoms with E-state index in [9.17, 15) is 17.6 Å². The standard InChI is InChI=1S/C18H22FN3O3S2/c1-14(18(23)20-13-15-5-4-12-26-15)21-8-10-22(11-9-21)27(24,25)17-7-3-2-6-16(17)19/h2-7,12,14H,8-11,13H2,1H3,(H,20,23)/p+1/t14-/m0/s1. The van der Waals surface area contributed by atoms with Crippen molar-refractivity contribution in [3.8, 4) is 0 Å². The molecule has 1 aliphatic rings. The molecule has 27 heavy (non-hydrogen) atoms. The first-order valence-electron chi connectivity index (χ1n) is 8.79. The van der Waals surface area contributed by atoms with Gasteiger partial charge in [-0.3, -0.25) is 4.79 Å². The minimum atomic E-state index is -3.86. The lowest BCUT2D eigenvalue weighted by molar-refractivity contribution is -0.917. The van der Waals surface area contributed by atoms with Gasteiger partial charge in [0, 0.05) is 4.88 Å². The van der Waals surface area contributed by atoms with Crippen LogP contribution in [0.2, 0.25) is 0 Å². The van der Waals surface area contributed by atoms with Crippen molar-refractivity contribution in [2.24, 2.45) is 0 Å². The van der Waals surface area contributed by atoms with E-state index in [1.54, 1.807) is 11.3 Å². The third-order valence-corrected chi connectivity index (χ3v) is 7.65. The van der Waals surface area contributed by atoms with Crippen LogP contribution in [0.5, 0.6) is 0 Å². The van der Waals surface area contributed by atoms with E-state index in [0.717, 1.165) is 15.8 Å². The van der Waals surface area contributed by atoms with Crippen molar-refractivity contribution in [3.05, 3.63) is 52.5 Å². The summed E-state index contributed by atoms with van der Waals surface area (Å²) < 4.78 is 40.5. The lowest BCUT2D eigenvalue weighted by atomic mass is 10.2. The minimum Gasteiger partial charge on any atom is -0.346 e. The zero-order chi connectivity index (χ0) is 19.4. The Labute approximate surface area is 162 Å². The number of thiophene rings is 1. The first kappa shape index (κ1) is 19.9. The second kappa shape index (κ2) is 8.47. The Morgan fingerprint density at radius 3 is 2.59 bits per heavy atom. The summed E-state index contributed by atoms with van der Waals surface area (Å²) in [5.41, 5.74) is 0. The summed E-state index contributed by atoms with van der Waals surface area (Å²) in [7, 11) is -3.86. The fourth-order valence-electron chi connectivity index (χ4n) is 3.17. The van der Waals surface area contributed by atoms with Crippen molar-refractivity contribution in [1.29, 1.82) is 0 Å². The first-order chi connectivity index (χ1) is 12.9. The van der Waals surface area contributed by atoms with Gasteiger partial charge in [-0.1, -0.05) is 18.2 Å². The number of nitrogens with one attached hydrogen (secondary N) is 2. The largest absolute Gasteiger partial charge is 0.346 e. The molecule has 1 fully saturated rings. The number of hydrogen-bond donors (Lipinski definition) is 2. The molecule has 0 radical (unpaired) electrons. The molecule has 1 aromatic carbocycles. The molecule has 9 heteroatoms. The zero-order valence-electron chi connectivity index (χ0n) is 15.0. The van der Waals surface area contributed by atoms with Crippen LogP contribution in [0.15, 0.2) is 46.7 Å². The summed E-state index contributed by atoms with van der Waals surface area (Å²) in [6, 6.07) is 9.04. The second-order valence-electron chi connectivity index (χ2n) is 6.51. The van der Waals surface area contributed by atoms with Gasteiger partial charge in [0.1, 0.15) is 10.7 Å². The van der Waals surface area contributed by atoms with Crippen LogP contribution in [0, 0.1) is 5.82 Å². The highest BCUT2D eigenvalue weighted by Crippen LogP contribution is 2.18. The number of halogens is 1. The van der Waals surface area contributed by atoms with E-state index in [1.165, 1.54) is 22.5 Å². The molecule has 0 aliphatic carbocycles. The lowest BCUT2D eigenvalue weighted by Crippen LogP contribution is -3.19. The Balaban J connectivity index is 1.56. The lowest BCUT2D eigenvalue weighted by Gasteiger charge is -2.34. The van der Waals surface area contributed by atoms with Crippen molar-refractivity contribution in [2.45, 2.75) is 24.4 Å². The molecule has 0 spiro atoms. The SMILES string of the molecule is C[C@@H](C(=O)NCc1cccs1)[NH+]1CCN(S(=O)(=O)c2ccccc2F)CC1. The minimum absolute atomic E-state index is 0.0520. The van der Waals surface area contributed by atoms with Gasteiger partial charge in [-0.25, -0.2) is 12.8 Å². The molecule has 3 rings (SSSR count). The van der Waals surface area contributed by atoms with Gasteiger partial charge in [0.05, 0.1) is 32.7 Å². The van der Waals surface area contributed by atoms with E-state index in [4.69, 9.17) is 0 Å². The number of rotatable bonds is 6. The van der Waals surface area contributed by atoms with Gasteiger partial charge in [0.2, 0.25) is 10.0 Å². The highest BCUT2D eigenvalue weighted by Gasteiger charge is 2.35. The number of carbonyl (C=O) groups excluding carboxylic acids is 1. The average Bonchev–Trinajstić information content (AvgIpc) is 3.19. The van der Waals surface area contributed by atoms with E-state index in [1.807, 2.05) is 24.4 Å². The quantitative estimate of drug-likeness (QED) is 0.725. The Morgan fingerprint density at radius 1 is 1.26 bits per heavy atom. The van der Waals surface area contributed by atoms with Crippen LogP contribution in [0.25, 0.3) is 0 Å². The van der Waals surface area contributed by atoms with Gasteiger partial charge >= 0.3 is 0 Å². The molecule has 1 atom stereocenters. The van der Waals surface area contributed by atoms with Crippen molar-refractivity contribution in [2.75, 3.05) is 26.2 Å². The Hall–Kier alpha value is -1.81. The zero-order valence-corrected chi connectivity index (χ0v) is 16.7. The smallest absolute Gasteiger partial charge is 0.278 e. The third kappa shape index (κ3) is 4.55. The van der Waals surface area contributed by atoms with E-state index in [-0.39, 0.29) is 29.9 Å². The Bertz CT molecular complexity index is 879. The number of nitrogens with zero attached hydrogens (tertiary/aromatic N) is 1. The normalized spacial score (nSPS) is 17.6. The van der Waals surface area contributed by atoms with Crippen molar-refractivity contribution in [1.82, 2.24) is 9.62 Å². The van der Waals surface area contributed by atoms with Gasteiger partial charge in [-0.2, -0.15) is 4.31 Å². The summed E-state index contributed by atoms with van der Waals surface area (Å²) in [5.74, 6) is -0.794. The van der Waals surface area contributed by atoms with Gasteiger partial charge in [-0.15, -0.1) is 11.3 Å². The van der Waals surface area contributed by atoms with Crippen LogP contribution in [0.4, 0.5) is 4.39 Å². The van der Waals surface area contributed by atoms with Gasteiger partial charge in [0.15, 0.2) is 6.04 Å². The van der Waals surface area contributed by atoms with Crippen LogP contribution in [-0.2, 0) is 21.4 Å². The fraction of sp³-hybridized carbons (Fsp3) is 0.389. The fourth-order valence-corrected chi connectivity index (χ4v) is 5.32. The monoisotopic (exact) mass is 412 g/mol. The van der Waals surface area contributed by atoms with Crippen LogP contribution in [0.3, 0.4) is 0 Å². The Morgan fingerprint density at radius 2 is 1.96 bits per heavy atom. The molecule has 1 amide bonds. The molecule has 0 saturated carbocycles. The summed E-state index contributed by atoms with van der Waals surface area (Å²) in [6.45, 7) is 3.87. The number of amides is 1. The maximum Gasteiger partial charge on any atom is 0.278 e. The topological polar surface area (TPSA) is 70.9 Å². The maximum absolute atomic E-state index is 13.9. The van der Waals surface area contributed by atoms with Crippen molar-refractivity contribution >= 4 is 27.3 Å². The summed E-state index contributed by atoms with van der Waals surface area (Å²) >= 11 is 1.59. The molecular weight excluding hydrogens is 389 g/mol. The van der Waals surface area contributed by atoms with E-state index < -0.39 is 15.8 Å². The second-order valence-corrected chi connectivity index (χ2v) is 9.45. The van der Waals surface area contributed by atoms with Crippen LogP contribution in [-0.4, -0.2) is 50.9 Å².